The molecule has 31 heavy (non-hydrogen) atoms. The minimum absolute atomic E-state index is 0.0231. The van der Waals surface area contributed by atoms with Gasteiger partial charge in [-0.1, -0.05) is 11.6 Å². The standard InChI is InChI=1S/C23H15ClN2O5/c24-15-2-4-16(5-3-15)26-20(13-7-9-25-10-8-13)19(22(28)23(26)29)21(27)14-1-6-17-18(11-14)31-12-30-17/h1-11,20,27H,12H2/b21-19-. The largest absolute Gasteiger partial charge is 0.507 e. The molecule has 8 heteroatoms. The van der Waals surface area contributed by atoms with Crippen LogP contribution < -0.4 is 14.4 Å². The Labute approximate surface area is 182 Å². The van der Waals surface area contributed by atoms with Crippen molar-refractivity contribution in [2.75, 3.05) is 11.7 Å². The van der Waals surface area contributed by atoms with E-state index in [0.717, 1.165) is 0 Å². The van der Waals surface area contributed by atoms with E-state index in [9.17, 15) is 14.7 Å². The average molecular weight is 435 g/mol. The number of amides is 1. The molecule has 2 aliphatic heterocycles. The molecule has 154 valence electrons. The maximum absolute atomic E-state index is 13.1. The molecule has 1 atom stereocenters. The summed E-state index contributed by atoms with van der Waals surface area (Å²) in [5.41, 5.74) is 1.44. The van der Waals surface area contributed by atoms with E-state index >= 15 is 0 Å². The van der Waals surface area contributed by atoms with E-state index in [0.29, 0.717) is 33.3 Å². The molecule has 1 N–H and O–H groups in total. The van der Waals surface area contributed by atoms with Crippen molar-refractivity contribution in [3.05, 3.63) is 88.7 Å². The minimum Gasteiger partial charge on any atom is -0.507 e. The molecule has 1 unspecified atom stereocenters. The number of hydrogen-bond donors (Lipinski definition) is 1. The second kappa shape index (κ2) is 7.45. The van der Waals surface area contributed by atoms with Gasteiger partial charge in [0.25, 0.3) is 11.7 Å². The molecule has 0 aliphatic carbocycles. The molecule has 3 aromatic rings. The van der Waals surface area contributed by atoms with Gasteiger partial charge in [0.05, 0.1) is 11.6 Å². The molecule has 0 saturated carbocycles. The fraction of sp³-hybridized carbons (Fsp3) is 0.0870. The van der Waals surface area contributed by atoms with Gasteiger partial charge in [0, 0.05) is 28.7 Å². The van der Waals surface area contributed by atoms with Gasteiger partial charge < -0.3 is 14.6 Å². The van der Waals surface area contributed by atoms with Crippen LogP contribution in [0.3, 0.4) is 0 Å². The summed E-state index contributed by atoms with van der Waals surface area (Å²) >= 11 is 5.99. The van der Waals surface area contributed by atoms with Crippen LogP contribution >= 0.6 is 11.6 Å². The molecule has 0 bridgehead atoms. The summed E-state index contributed by atoms with van der Waals surface area (Å²) in [7, 11) is 0. The number of aliphatic hydroxyl groups excluding tert-OH is 1. The number of anilines is 1. The number of ketones is 1. The van der Waals surface area contributed by atoms with Crippen LogP contribution in [0.5, 0.6) is 11.5 Å². The van der Waals surface area contributed by atoms with Gasteiger partial charge in [0.15, 0.2) is 11.5 Å². The van der Waals surface area contributed by atoms with Crippen LogP contribution in [0.2, 0.25) is 5.02 Å². The summed E-state index contributed by atoms with van der Waals surface area (Å²) in [6.45, 7) is 0.0809. The Bertz CT molecular complexity index is 1220. The first-order valence-electron chi connectivity index (χ1n) is 9.41. The number of aliphatic hydroxyl groups is 1. The first-order valence-corrected chi connectivity index (χ1v) is 9.79. The maximum atomic E-state index is 13.1. The molecule has 1 aromatic heterocycles. The van der Waals surface area contributed by atoms with Gasteiger partial charge in [-0.25, -0.2) is 0 Å². The van der Waals surface area contributed by atoms with E-state index in [1.807, 2.05) is 0 Å². The van der Waals surface area contributed by atoms with Gasteiger partial charge in [0.1, 0.15) is 5.76 Å². The number of Topliss-reactive ketones (excluding diaryl/α,β-unsaturated/α-hetero) is 1. The number of carbonyl (C=O) groups excluding carboxylic acids is 2. The predicted molar refractivity (Wildman–Crippen MR) is 113 cm³/mol. The Morgan fingerprint density at radius 1 is 1.00 bits per heavy atom. The second-order valence-electron chi connectivity index (χ2n) is 6.99. The van der Waals surface area contributed by atoms with E-state index < -0.39 is 17.7 Å². The fourth-order valence-corrected chi connectivity index (χ4v) is 3.89. The molecule has 3 heterocycles. The lowest BCUT2D eigenvalue weighted by Crippen LogP contribution is -2.29. The van der Waals surface area contributed by atoms with Gasteiger partial charge >= 0.3 is 0 Å². The van der Waals surface area contributed by atoms with Crippen LogP contribution in [0.25, 0.3) is 5.76 Å². The van der Waals surface area contributed by atoms with Crippen molar-refractivity contribution < 1.29 is 24.2 Å². The van der Waals surface area contributed by atoms with Crippen LogP contribution in [0, 0.1) is 0 Å². The average Bonchev–Trinajstić information content (AvgIpc) is 3.37. The van der Waals surface area contributed by atoms with E-state index in [1.54, 1.807) is 67.0 Å². The highest BCUT2D eigenvalue weighted by atomic mass is 35.5. The zero-order valence-electron chi connectivity index (χ0n) is 16.0. The number of nitrogens with zero attached hydrogens (tertiary/aromatic N) is 2. The van der Waals surface area contributed by atoms with Crippen molar-refractivity contribution in [1.82, 2.24) is 4.98 Å². The number of carbonyl (C=O) groups is 2. The number of halogens is 1. The molecule has 1 fully saturated rings. The highest BCUT2D eigenvalue weighted by Gasteiger charge is 2.47. The van der Waals surface area contributed by atoms with Crippen LogP contribution in [0.15, 0.2) is 72.6 Å². The molecule has 2 aromatic carbocycles. The predicted octanol–water partition coefficient (Wildman–Crippen LogP) is 4.09. The lowest BCUT2D eigenvalue weighted by molar-refractivity contribution is -0.132. The number of ether oxygens (including phenoxy) is 2. The Kier molecular flexibility index (Phi) is 4.60. The molecule has 2 aliphatic rings. The SMILES string of the molecule is O=C1C(=O)N(c2ccc(Cl)cc2)C(c2ccncc2)/C1=C(/O)c1ccc2c(c1)OCO2. The van der Waals surface area contributed by atoms with Gasteiger partial charge in [-0.2, -0.15) is 0 Å². The molecule has 1 amide bonds. The van der Waals surface area contributed by atoms with Crippen molar-refractivity contribution in [2.45, 2.75) is 6.04 Å². The van der Waals surface area contributed by atoms with Gasteiger partial charge in [0.2, 0.25) is 6.79 Å². The summed E-state index contributed by atoms with van der Waals surface area (Å²) in [4.78, 5) is 31.5. The van der Waals surface area contributed by atoms with Crippen molar-refractivity contribution in [1.29, 1.82) is 0 Å². The van der Waals surface area contributed by atoms with E-state index in [-0.39, 0.29) is 18.1 Å². The lowest BCUT2D eigenvalue weighted by atomic mass is 9.95. The number of aromatic nitrogens is 1. The summed E-state index contributed by atoms with van der Waals surface area (Å²) in [6, 6.07) is 14.0. The summed E-state index contributed by atoms with van der Waals surface area (Å²) in [6.07, 6.45) is 3.13. The summed E-state index contributed by atoms with van der Waals surface area (Å²) < 4.78 is 10.7. The zero-order chi connectivity index (χ0) is 21.5. The fourth-order valence-electron chi connectivity index (χ4n) is 3.76. The van der Waals surface area contributed by atoms with Gasteiger partial charge in [-0.05, 0) is 60.2 Å². The van der Waals surface area contributed by atoms with Crippen LogP contribution in [0.1, 0.15) is 17.2 Å². The molecule has 1 saturated heterocycles. The van der Waals surface area contributed by atoms with Gasteiger partial charge in [-0.3, -0.25) is 19.5 Å². The Balaban J connectivity index is 1.69. The first-order chi connectivity index (χ1) is 15.0. The minimum atomic E-state index is -0.838. The maximum Gasteiger partial charge on any atom is 0.300 e. The second-order valence-corrected chi connectivity index (χ2v) is 7.43. The highest BCUT2D eigenvalue weighted by Crippen LogP contribution is 2.43. The molecule has 7 nitrogen and oxygen atoms in total. The van der Waals surface area contributed by atoms with E-state index in [1.165, 1.54) is 4.90 Å². The number of rotatable bonds is 3. The molecule has 0 spiro atoms. The van der Waals surface area contributed by atoms with Crippen molar-refractivity contribution in [3.8, 4) is 11.5 Å². The van der Waals surface area contributed by atoms with Crippen molar-refractivity contribution in [3.63, 3.8) is 0 Å². The molecular weight excluding hydrogens is 420 g/mol. The normalized spacial score (nSPS) is 19.1. The molecule has 5 rings (SSSR count). The van der Waals surface area contributed by atoms with Crippen LogP contribution in [0.4, 0.5) is 5.69 Å². The monoisotopic (exact) mass is 434 g/mol. The summed E-state index contributed by atoms with van der Waals surface area (Å²) in [5.74, 6) is -0.825. The zero-order valence-corrected chi connectivity index (χ0v) is 16.7. The van der Waals surface area contributed by atoms with Crippen molar-refractivity contribution in [2.24, 2.45) is 0 Å². The number of pyridine rings is 1. The third kappa shape index (κ3) is 3.19. The Morgan fingerprint density at radius 2 is 1.71 bits per heavy atom. The van der Waals surface area contributed by atoms with Crippen molar-refractivity contribution >= 4 is 34.7 Å². The smallest absolute Gasteiger partial charge is 0.300 e. The van der Waals surface area contributed by atoms with Crippen LogP contribution in [-0.2, 0) is 9.59 Å². The highest BCUT2D eigenvalue weighted by molar-refractivity contribution is 6.51. The summed E-state index contributed by atoms with van der Waals surface area (Å²) in [5, 5.41) is 11.6. The third-order valence-corrected chi connectivity index (χ3v) is 5.47. The number of benzene rings is 2. The number of fused-ring (bicyclic) bond motifs is 1. The first kappa shape index (κ1) is 19.1. The Hall–Kier alpha value is -3.84. The molecule has 0 radical (unpaired) electrons. The van der Waals surface area contributed by atoms with E-state index in [4.69, 9.17) is 21.1 Å². The topological polar surface area (TPSA) is 89.0 Å². The van der Waals surface area contributed by atoms with E-state index in [2.05, 4.69) is 4.98 Å². The molecular formula is C23H15ClN2O5. The van der Waals surface area contributed by atoms with Gasteiger partial charge in [-0.15, -0.1) is 0 Å². The number of hydrogen-bond acceptors (Lipinski definition) is 6. The quantitative estimate of drug-likeness (QED) is 0.379. The van der Waals surface area contributed by atoms with Crippen LogP contribution in [-0.4, -0.2) is 28.6 Å². The lowest BCUT2D eigenvalue weighted by Gasteiger charge is -2.25. The Morgan fingerprint density at radius 3 is 2.45 bits per heavy atom. The third-order valence-electron chi connectivity index (χ3n) is 5.22.